The maximum atomic E-state index is 11.8. The summed E-state index contributed by atoms with van der Waals surface area (Å²) in [6.45, 7) is 4.06. The first-order valence-electron chi connectivity index (χ1n) is 8.13. The summed E-state index contributed by atoms with van der Waals surface area (Å²) in [4.78, 5) is 11.8. The van der Waals surface area contributed by atoms with Gasteiger partial charge in [0.1, 0.15) is 5.75 Å². The second-order valence-electron chi connectivity index (χ2n) is 5.61. The Morgan fingerprint density at radius 2 is 1.91 bits per heavy atom. The van der Waals surface area contributed by atoms with Crippen molar-refractivity contribution >= 4 is 22.4 Å². The summed E-state index contributed by atoms with van der Waals surface area (Å²) < 4.78 is 5.63. The van der Waals surface area contributed by atoms with Crippen molar-refractivity contribution in [2.75, 3.05) is 6.61 Å². The van der Waals surface area contributed by atoms with Crippen molar-refractivity contribution in [1.29, 1.82) is 0 Å². The molecule has 0 bridgehead atoms. The lowest BCUT2D eigenvalue weighted by molar-refractivity contribution is -0.123. The van der Waals surface area contributed by atoms with E-state index in [-0.39, 0.29) is 12.5 Å². The molecular weight excluding hydrogens is 288 g/mol. The zero-order chi connectivity index (χ0) is 16.5. The first kappa shape index (κ1) is 17.0. The number of fused-ring (bicyclic) bond motifs is 1. The number of carbonyl (C=O) groups is 1. The van der Waals surface area contributed by atoms with Crippen LogP contribution in [0.5, 0.6) is 5.75 Å². The van der Waals surface area contributed by atoms with Crippen molar-refractivity contribution in [2.24, 2.45) is 5.10 Å². The molecule has 0 heterocycles. The maximum Gasteiger partial charge on any atom is 0.277 e. The molecule has 0 fully saturated rings. The van der Waals surface area contributed by atoms with Gasteiger partial charge in [-0.05, 0) is 31.2 Å². The number of hydrogen-bond acceptors (Lipinski definition) is 3. The van der Waals surface area contributed by atoms with Crippen molar-refractivity contribution in [3.05, 3.63) is 42.5 Å². The Balaban J connectivity index is 1.85. The Hall–Kier alpha value is -2.36. The number of unbranched alkanes of at least 4 members (excludes halogenated alkanes) is 2. The summed E-state index contributed by atoms with van der Waals surface area (Å²) in [5.41, 5.74) is 3.49. The summed E-state index contributed by atoms with van der Waals surface area (Å²) in [6, 6.07) is 13.8. The predicted octanol–water partition coefficient (Wildman–Crippen LogP) is 4.29. The van der Waals surface area contributed by atoms with Gasteiger partial charge in [0.15, 0.2) is 6.61 Å². The standard InChI is InChI=1S/C19H24N2O2/c1-3-4-5-9-15(2)20-21-19(22)14-23-18-13-8-11-16-10-6-7-12-17(16)18/h6-8,10-13H,3-5,9,14H2,1-2H3,(H,21,22)/b20-15+. The summed E-state index contributed by atoms with van der Waals surface area (Å²) >= 11 is 0. The maximum absolute atomic E-state index is 11.8. The van der Waals surface area contributed by atoms with Crippen LogP contribution >= 0.6 is 0 Å². The van der Waals surface area contributed by atoms with E-state index in [4.69, 9.17) is 4.74 Å². The molecule has 0 radical (unpaired) electrons. The predicted molar refractivity (Wildman–Crippen MR) is 94.8 cm³/mol. The summed E-state index contributed by atoms with van der Waals surface area (Å²) in [6.07, 6.45) is 4.38. The van der Waals surface area contributed by atoms with Crippen LogP contribution in [0.3, 0.4) is 0 Å². The SMILES string of the molecule is CCCCC/C(C)=N/NC(=O)COc1cccc2ccccc12. The van der Waals surface area contributed by atoms with Gasteiger partial charge in [-0.3, -0.25) is 4.79 Å². The van der Waals surface area contributed by atoms with Crippen LogP contribution in [0, 0.1) is 0 Å². The van der Waals surface area contributed by atoms with Gasteiger partial charge >= 0.3 is 0 Å². The van der Waals surface area contributed by atoms with Crippen LogP contribution in [0.15, 0.2) is 47.6 Å². The second-order valence-corrected chi connectivity index (χ2v) is 5.61. The number of benzene rings is 2. The Bertz CT molecular complexity index is 675. The van der Waals surface area contributed by atoms with E-state index in [2.05, 4.69) is 17.5 Å². The highest BCUT2D eigenvalue weighted by atomic mass is 16.5. The summed E-state index contributed by atoms with van der Waals surface area (Å²) in [5.74, 6) is 0.467. The zero-order valence-electron chi connectivity index (χ0n) is 13.8. The molecule has 0 saturated carbocycles. The van der Waals surface area contributed by atoms with Gasteiger partial charge in [0, 0.05) is 11.1 Å². The topological polar surface area (TPSA) is 50.7 Å². The van der Waals surface area contributed by atoms with Crippen molar-refractivity contribution in [3.8, 4) is 5.75 Å². The molecule has 23 heavy (non-hydrogen) atoms. The third-order valence-corrected chi connectivity index (χ3v) is 3.62. The zero-order valence-corrected chi connectivity index (χ0v) is 13.8. The molecule has 0 saturated heterocycles. The molecule has 0 atom stereocenters. The fourth-order valence-corrected chi connectivity index (χ4v) is 2.34. The molecule has 0 aliphatic rings. The summed E-state index contributed by atoms with van der Waals surface area (Å²) in [5, 5.41) is 6.20. The monoisotopic (exact) mass is 312 g/mol. The van der Waals surface area contributed by atoms with E-state index in [0.29, 0.717) is 5.75 Å². The molecule has 0 aliphatic carbocycles. The van der Waals surface area contributed by atoms with Crippen LogP contribution in [-0.2, 0) is 4.79 Å². The highest BCUT2D eigenvalue weighted by Crippen LogP contribution is 2.24. The van der Waals surface area contributed by atoms with Gasteiger partial charge in [-0.2, -0.15) is 5.10 Å². The fraction of sp³-hybridized carbons (Fsp3) is 0.368. The first-order chi connectivity index (χ1) is 11.2. The van der Waals surface area contributed by atoms with Crippen LogP contribution < -0.4 is 10.2 Å². The lowest BCUT2D eigenvalue weighted by atomic mass is 10.1. The second kappa shape index (κ2) is 8.93. The largest absolute Gasteiger partial charge is 0.483 e. The third kappa shape index (κ3) is 5.40. The molecule has 2 aromatic carbocycles. The quantitative estimate of drug-likeness (QED) is 0.449. The molecule has 1 amide bonds. The minimum Gasteiger partial charge on any atom is -0.483 e. The van der Waals surface area contributed by atoms with Gasteiger partial charge < -0.3 is 4.74 Å². The van der Waals surface area contributed by atoms with Gasteiger partial charge in [0.25, 0.3) is 5.91 Å². The Morgan fingerprint density at radius 1 is 1.13 bits per heavy atom. The lowest BCUT2D eigenvalue weighted by Crippen LogP contribution is -2.25. The smallest absolute Gasteiger partial charge is 0.277 e. The Labute approximate surface area is 137 Å². The van der Waals surface area contributed by atoms with Gasteiger partial charge in [0.05, 0.1) is 0 Å². The average Bonchev–Trinajstić information content (AvgIpc) is 2.58. The molecule has 1 N–H and O–H groups in total. The molecule has 2 aromatic rings. The molecule has 122 valence electrons. The van der Waals surface area contributed by atoms with Gasteiger partial charge in [-0.15, -0.1) is 0 Å². The van der Waals surface area contributed by atoms with Crippen molar-refractivity contribution in [2.45, 2.75) is 39.5 Å². The van der Waals surface area contributed by atoms with Crippen LogP contribution in [0.2, 0.25) is 0 Å². The lowest BCUT2D eigenvalue weighted by Gasteiger charge is -2.08. The van der Waals surface area contributed by atoms with Crippen LogP contribution in [0.25, 0.3) is 10.8 Å². The number of rotatable bonds is 8. The van der Waals surface area contributed by atoms with E-state index < -0.39 is 0 Å². The molecule has 0 unspecified atom stereocenters. The Morgan fingerprint density at radius 3 is 2.74 bits per heavy atom. The van der Waals surface area contributed by atoms with E-state index in [9.17, 15) is 4.79 Å². The first-order valence-corrected chi connectivity index (χ1v) is 8.13. The van der Waals surface area contributed by atoms with Gasteiger partial charge in [-0.25, -0.2) is 5.43 Å². The normalized spacial score (nSPS) is 11.5. The molecule has 4 heteroatoms. The minimum atomic E-state index is -0.243. The molecule has 4 nitrogen and oxygen atoms in total. The van der Waals surface area contributed by atoms with E-state index in [1.165, 1.54) is 12.8 Å². The molecular formula is C19H24N2O2. The number of ether oxygens (including phenoxy) is 1. The highest BCUT2D eigenvalue weighted by molar-refractivity contribution is 5.89. The molecule has 2 rings (SSSR count). The molecule has 0 spiro atoms. The van der Waals surface area contributed by atoms with Crippen molar-refractivity contribution < 1.29 is 9.53 Å². The van der Waals surface area contributed by atoms with E-state index in [1.54, 1.807) is 0 Å². The van der Waals surface area contributed by atoms with Crippen LogP contribution in [0.4, 0.5) is 0 Å². The fourth-order valence-electron chi connectivity index (χ4n) is 2.34. The van der Waals surface area contributed by atoms with E-state index in [1.807, 2.05) is 49.4 Å². The van der Waals surface area contributed by atoms with Crippen LogP contribution in [-0.4, -0.2) is 18.2 Å². The highest BCUT2D eigenvalue weighted by Gasteiger charge is 2.05. The minimum absolute atomic E-state index is 0.0419. The number of hydrazone groups is 1. The van der Waals surface area contributed by atoms with Crippen LogP contribution in [0.1, 0.15) is 39.5 Å². The van der Waals surface area contributed by atoms with Crippen molar-refractivity contribution in [3.63, 3.8) is 0 Å². The number of amides is 1. The van der Waals surface area contributed by atoms with E-state index in [0.717, 1.165) is 29.3 Å². The number of nitrogens with one attached hydrogen (secondary N) is 1. The Kier molecular flexibility index (Phi) is 6.60. The van der Waals surface area contributed by atoms with Gasteiger partial charge in [-0.1, -0.05) is 56.2 Å². The summed E-state index contributed by atoms with van der Waals surface area (Å²) in [7, 11) is 0. The third-order valence-electron chi connectivity index (χ3n) is 3.62. The molecule has 0 aliphatic heterocycles. The van der Waals surface area contributed by atoms with Crippen molar-refractivity contribution in [1.82, 2.24) is 5.43 Å². The number of carbonyl (C=O) groups excluding carboxylic acids is 1. The van der Waals surface area contributed by atoms with Gasteiger partial charge in [0.2, 0.25) is 0 Å². The number of nitrogens with zero attached hydrogens (tertiary/aromatic N) is 1. The average molecular weight is 312 g/mol. The van der Waals surface area contributed by atoms with E-state index >= 15 is 0 Å². The number of hydrogen-bond donors (Lipinski definition) is 1. The molecule has 0 aromatic heterocycles.